The van der Waals surface area contributed by atoms with E-state index in [4.69, 9.17) is 5.26 Å². The van der Waals surface area contributed by atoms with Crippen molar-refractivity contribution in [2.75, 3.05) is 12.4 Å². The van der Waals surface area contributed by atoms with Gasteiger partial charge < -0.3 is 10.6 Å². The molecule has 1 aliphatic heterocycles. The molecular formula is C28H29N7O. The third kappa shape index (κ3) is 3.85. The molecule has 0 radical (unpaired) electrons. The number of fused-ring (bicyclic) bond motifs is 3. The van der Waals surface area contributed by atoms with Crippen LogP contribution in [0.3, 0.4) is 0 Å². The summed E-state index contributed by atoms with van der Waals surface area (Å²) in [7, 11) is 1.93. The maximum absolute atomic E-state index is 11.6. The van der Waals surface area contributed by atoms with Crippen molar-refractivity contribution in [1.29, 1.82) is 5.26 Å². The Hall–Kier alpha value is -3.99. The molecule has 3 heterocycles. The average molecular weight is 480 g/mol. The Labute approximate surface area is 210 Å². The Bertz CT molecular complexity index is 1450. The Morgan fingerprint density at radius 2 is 1.92 bits per heavy atom. The number of nitrogens with one attached hydrogen (secondary N) is 2. The van der Waals surface area contributed by atoms with Crippen molar-refractivity contribution in [1.82, 2.24) is 14.9 Å². The first kappa shape index (κ1) is 22.5. The minimum absolute atomic E-state index is 0.0815. The number of hydrogen-bond donors (Lipinski definition) is 2. The van der Waals surface area contributed by atoms with Crippen LogP contribution in [-0.4, -0.2) is 40.0 Å². The Balaban J connectivity index is 1.20. The second kappa shape index (κ2) is 8.90. The van der Waals surface area contributed by atoms with E-state index in [1.54, 1.807) is 13.1 Å². The van der Waals surface area contributed by atoms with E-state index in [1.165, 1.54) is 18.6 Å². The number of carbonyl (C=O) groups is 1. The molecule has 2 fully saturated rings. The van der Waals surface area contributed by atoms with Crippen LogP contribution < -0.4 is 10.6 Å². The summed E-state index contributed by atoms with van der Waals surface area (Å²) in [5.74, 6) is 1.62. The summed E-state index contributed by atoms with van der Waals surface area (Å²) in [5.41, 5.74) is 7.68. The van der Waals surface area contributed by atoms with E-state index in [2.05, 4.69) is 50.2 Å². The summed E-state index contributed by atoms with van der Waals surface area (Å²) in [6.45, 7) is 1.62. The lowest BCUT2D eigenvalue weighted by Gasteiger charge is -2.35. The maximum Gasteiger partial charge on any atom is 0.217 e. The van der Waals surface area contributed by atoms with Gasteiger partial charge in [0.15, 0.2) is 0 Å². The number of rotatable bonds is 5. The first-order valence-electron chi connectivity index (χ1n) is 12.6. The highest BCUT2D eigenvalue weighted by Crippen LogP contribution is 2.46. The van der Waals surface area contributed by atoms with E-state index in [0.717, 1.165) is 53.0 Å². The number of aromatic nitrogens is 2. The molecule has 0 saturated heterocycles. The lowest BCUT2D eigenvalue weighted by molar-refractivity contribution is -0.120. The zero-order chi connectivity index (χ0) is 24.8. The van der Waals surface area contributed by atoms with Crippen molar-refractivity contribution in [3.05, 3.63) is 53.7 Å². The van der Waals surface area contributed by atoms with Gasteiger partial charge in [-0.05, 0) is 61.8 Å². The van der Waals surface area contributed by atoms with Crippen LogP contribution in [0.1, 0.15) is 50.2 Å². The largest absolute Gasteiger partial charge is 0.388 e. The van der Waals surface area contributed by atoms with Gasteiger partial charge in [0.05, 0.1) is 28.7 Å². The van der Waals surface area contributed by atoms with E-state index >= 15 is 0 Å². The van der Waals surface area contributed by atoms with Gasteiger partial charge in [-0.25, -0.2) is 4.52 Å². The third-order valence-electron chi connectivity index (χ3n) is 8.11. The fourth-order valence-corrected chi connectivity index (χ4v) is 6.45. The zero-order valence-electron chi connectivity index (χ0n) is 20.5. The highest BCUT2D eigenvalue weighted by Gasteiger charge is 2.44. The van der Waals surface area contributed by atoms with Gasteiger partial charge in [-0.2, -0.15) is 20.6 Å². The molecule has 4 atom stereocenters. The fraction of sp³-hybridized carbons (Fsp3) is 0.393. The van der Waals surface area contributed by atoms with Gasteiger partial charge >= 0.3 is 0 Å². The van der Waals surface area contributed by atoms with E-state index in [1.807, 2.05) is 29.8 Å². The Kier molecular flexibility index (Phi) is 5.56. The van der Waals surface area contributed by atoms with Crippen LogP contribution >= 0.6 is 0 Å². The van der Waals surface area contributed by atoms with Gasteiger partial charge in [0.25, 0.3) is 0 Å². The number of anilines is 1. The van der Waals surface area contributed by atoms with E-state index in [9.17, 15) is 4.79 Å². The minimum atomic E-state index is 0.0815. The molecule has 2 bridgehead atoms. The topological polar surface area (TPSA) is 107 Å². The quantitative estimate of drug-likeness (QED) is 0.565. The molecule has 8 heteroatoms. The molecule has 3 aromatic rings. The van der Waals surface area contributed by atoms with Crippen molar-refractivity contribution < 1.29 is 4.79 Å². The smallest absolute Gasteiger partial charge is 0.217 e. The number of nitrogens with zero attached hydrogens (tertiary/aromatic N) is 5. The molecular weight excluding hydrogens is 450 g/mol. The normalized spacial score (nSPS) is 24.8. The molecule has 3 aliphatic rings. The molecule has 0 spiro atoms. The predicted octanol–water partition coefficient (Wildman–Crippen LogP) is 4.40. The van der Waals surface area contributed by atoms with Gasteiger partial charge in [-0.3, -0.25) is 4.79 Å². The van der Waals surface area contributed by atoms with Crippen LogP contribution in [0.15, 0.2) is 52.8 Å². The number of benzene rings is 1. The van der Waals surface area contributed by atoms with Crippen molar-refractivity contribution in [3.63, 3.8) is 0 Å². The van der Waals surface area contributed by atoms with Gasteiger partial charge in [0.2, 0.25) is 5.91 Å². The first-order valence-corrected chi connectivity index (χ1v) is 12.6. The van der Waals surface area contributed by atoms with Crippen LogP contribution in [-0.2, 0) is 4.79 Å². The van der Waals surface area contributed by atoms with Crippen LogP contribution in [0.25, 0.3) is 16.8 Å². The highest BCUT2D eigenvalue weighted by atomic mass is 16.1. The lowest BCUT2D eigenvalue weighted by atomic mass is 9.74. The zero-order valence-corrected chi connectivity index (χ0v) is 20.5. The van der Waals surface area contributed by atoms with Crippen molar-refractivity contribution in [2.24, 2.45) is 28.0 Å². The first-order chi connectivity index (χ1) is 17.5. The molecule has 2 aliphatic carbocycles. The SMILES string of the molecule is CNc1cc(-c2ccc3cc(C#N)cnn23)ccc1C1=NN=C(C2C[C@H]3CC[C@@H](C2)C3NC(C)=O)C1. The van der Waals surface area contributed by atoms with E-state index in [-0.39, 0.29) is 5.91 Å². The molecule has 2 aromatic heterocycles. The Morgan fingerprint density at radius 3 is 2.64 bits per heavy atom. The molecule has 1 aromatic carbocycles. The fourth-order valence-electron chi connectivity index (χ4n) is 6.45. The van der Waals surface area contributed by atoms with Crippen molar-refractivity contribution in [2.45, 2.75) is 45.1 Å². The minimum Gasteiger partial charge on any atom is -0.388 e. The molecule has 36 heavy (non-hydrogen) atoms. The monoisotopic (exact) mass is 479 g/mol. The maximum atomic E-state index is 11.6. The summed E-state index contributed by atoms with van der Waals surface area (Å²) >= 11 is 0. The molecule has 182 valence electrons. The van der Waals surface area contributed by atoms with Crippen molar-refractivity contribution >= 4 is 28.5 Å². The Morgan fingerprint density at radius 1 is 1.11 bits per heavy atom. The summed E-state index contributed by atoms with van der Waals surface area (Å²) in [4.78, 5) is 11.6. The molecule has 2 unspecified atom stereocenters. The second-order valence-corrected chi connectivity index (χ2v) is 10.2. The summed E-state index contributed by atoms with van der Waals surface area (Å²) < 4.78 is 1.86. The lowest BCUT2D eigenvalue weighted by Crippen LogP contribution is -2.45. The third-order valence-corrected chi connectivity index (χ3v) is 8.11. The summed E-state index contributed by atoms with van der Waals surface area (Å²) in [6.07, 6.45) is 6.92. The molecule has 8 nitrogen and oxygen atoms in total. The number of amides is 1. The van der Waals surface area contributed by atoms with Crippen LogP contribution in [0, 0.1) is 29.1 Å². The molecule has 2 saturated carbocycles. The standard InChI is InChI=1S/C28H29N7O/c1-16(36)32-28-19-3-4-20(28)11-21(10-19)24-13-26(34-33-24)23-7-5-18(12-25(23)30-2)27-8-6-22-9-17(14-29)15-31-35(22)27/h5-9,12,15,19-21,28,30H,3-4,10-11,13H2,1-2H3,(H,32,36)/t19-,20+,21?,28?. The van der Waals surface area contributed by atoms with Gasteiger partial charge in [0.1, 0.15) is 6.07 Å². The van der Waals surface area contributed by atoms with Crippen LogP contribution in [0.2, 0.25) is 0 Å². The molecule has 2 N–H and O–H groups in total. The number of hydrogen-bond acceptors (Lipinski definition) is 6. The van der Waals surface area contributed by atoms with Gasteiger partial charge in [-0.1, -0.05) is 12.1 Å². The van der Waals surface area contributed by atoms with Crippen LogP contribution in [0.4, 0.5) is 5.69 Å². The summed E-state index contributed by atoms with van der Waals surface area (Å²) in [6, 6.07) is 14.6. The highest BCUT2D eigenvalue weighted by molar-refractivity contribution is 6.18. The molecule has 1 amide bonds. The van der Waals surface area contributed by atoms with E-state index in [0.29, 0.717) is 29.4 Å². The average Bonchev–Trinajstić information content (AvgIpc) is 3.59. The van der Waals surface area contributed by atoms with Gasteiger partial charge in [-0.15, -0.1) is 0 Å². The van der Waals surface area contributed by atoms with Crippen LogP contribution in [0.5, 0.6) is 0 Å². The predicted molar refractivity (Wildman–Crippen MR) is 140 cm³/mol. The summed E-state index contributed by atoms with van der Waals surface area (Å²) in [5, 5.41) is 29.4. The van der Waals surface area contributed by atoms with Gasteiger partial charge in [0, 0.05) is 54.9 Å². The second-order valence-electron chi connectivity index (χ2n) is 10.2. The molecule has 6 rings (SSSR count). The van der Waals surface area contributed by atoms with E-state index < -0.39 is 0 Å². The number of nitriles is 1. The van der Waals surface area contributed by atoms with Crippen molar-refractivity contribution in [3.8, 4) is 17.3 Å². The number of carbonyl (C=O) groups excluding carboxylic acids is 1.